The summed E-state index contributed by atoms with van der Waals surface area (Å²) in [7, 11) is 0. The Kier molecular flexibility index (Phi) is 3.66. The van der Waals surface area contributed by atoms with Crippen molar-refractivity contribution < 1.29 is 9.72 Å². The third kappa shape index (κ3) is 2.83. The lowest BCUT2D eigenvalue weighted by Gasteiger charge is -2.17. The Morgan fingerprint density at radius 1 is 1.47 bits per heavy atom. The monoisotopic (exact) mass is 259 g/mol. The SMILES string of the molecule is CC#CCNc1cc2c(cc1[N+](=O)[O-])NC(=O)CC2. The van der Waals surface area contributed by atoms with Gasteiger partial charge in [-0.15, -0.1) is 5.92 Å². The van der Waals surface area contributed by atoms with Crippen LogP contribution in [0, 0.1) is 22.0 Å². The van der Waals surface area contributed by atoms with Crippen molar-refractivity contribution >= 4 is 23.0 Å². The number of fused-ring (bicyclic) bond motifs is 1. The maximum Gasteiger partial charge on any atom is 0.294 e. The van der Waals surface area contributed by atoms with Gasteiger partial charge in [0.1, 0.15) is 5.69 Å². The van der Waals surface area contributed by atoms with Gasteiger partial charge in [0.05, 0.1) is 17.2 Å². The number of hydrogen-bond donors (Lipinski definition) is 2. The van der Waals surface area contributed by atoms with E-state index in [1.165, 1.54) is 6.07 Å². The molecular formula is C13H13N3O3. The van der Waals surface area contributed by atoms with E-state index in [-0.39, 0.29) is 11.6 Å². The fourth-order valence-electron chi connectivity index (χ4n) is 1.94. The Morgan fingerprint density at radius 2 is 2.26 bits per heavy atom. The predicted molar refractivity (Wildman–Crippen MR) is 72.0 cm³/mol. The van der Waals surface area contributed by atoms with Crippen molar-refractivity contribution in [2.24, 2.45) is 0 Å². The van der Waals surface area contributed by atoms with E-state index in [0.717, 1.165) is 5.56 Å². The summed E-state index contributed by atoms with van der Waals surface area (Å²) in [5, 5.41) is 16.6. The van der Waals surface area contributed by atoms with Crippen molar-refractivity contribution in [3.05, 3.63) is 27.8 Å². The summed E-state index contributed by atoms with van der Waals surface area (Å²) in [5.74, 6) is 5.40. The quantitative estimate of drug-likeness (QED) is 0.493. The average Bonchev–Trinajstić information content (AvgIpc) is 2.38. The van der Waals surface area contributed by atoms with Gasteiger partial charge in [0, 0.05) is 12.5 Å². The number of carbonyl (C=O) groups is 1. The minimum Gasteiger partial charge on any atom is -0.369 e. The molecule has 1 aliphatic heterocycles. The maximum absolute atomic E-state index is 11.3. The van der Waals surface area contributed by atoms with Crippen molar-refractivity contribution in [1.82, 2.24) is 0 Å². The Balaban J connectivity index is 2.37. The second-order valence-corrected chi connectivity index (χ2v) is 4.11. The van der Waals surface area contributed by atoms with Gasteiger partial charge in [0.15, 0.2) is 0 Å². The Labute approximate surface area is 110 Å². The highest BCUT2D eigenvalue weighted by atomic mass is 16.6. The number of nitrogens with zero attached hydrogens (tertiary/aromatic N) is 1. The summed E-state index contributed by atoms with van der Waals surface area (Å²) >= 11 is 0. The number of aryl methyl sites for hydroxylation is 1. The average molecular weight is 259 g/mol. The van der Waals surface area contributed by atoms with Crippen LogP contribution < -0.4 is 10.6 Å². The predicted octanol–water partition coefficient (Wildman–Crippen LogP) is 1.91. The third-order valence-electron chi connectivity index (χ3n) is 2.86. The summed E-state index contributed by atoms with van der Waals surface area (Å²) in [5.41, 5.74) is 1.80. The van der Waals surface area contributed by atoms with Crippen LogP contribution in [0.2, 0.25) is 0 Å². The third-order valence-corrected chi connectivity index (χ3v) is 2.86. The van der Waals surface area contributed by atoms with Gasteiger partial charge in [-0.25, -0.2) is 0 Å². The minimum atomic E-state index is -0.469. The molecule has 0 aromatic heterocycles. The van der Waals surface area contributed by atoms with Crippen LogP contribution in [0.15, 0.2) is 12.1 Å². The number of nitro benzene ring substituents is 1. The Bertz CT molecular complexity index is 599. The largest absolute Gasteiger partial charge is 0.369 e. The molecule has 6 heteroatoms. The molecule has 0 unspecified atom stereocenters. The topological polar surface area (TPSA) is 84.3 Å². The Hall–Kier alpha value is -2.55. The van der Waals surface area contributed by atoms with E-state index < -0.39 is 4.92 Å². The fourth-order valence-corrected chi connectivity index (χ4v) is 1.94. The number of hydrogen-bond acceptors (Lipinski definition) is 4. The first kappa shape index (κ1) is 12.9. The van der Waals surface area contributed by atoms with Crippen molar-refractivity contribution in [2.75, 3.05) is 17.2 Å². The second-order valence-electron chi connectivity index (χ2n) is 4.11. The van der Waals surface area contributed by atoms with E-state index in [0.29, 0.717) is 30.8 Å². The maximum atomic E-state index is 11.3. The van der Waals surface area contributed by atoms with E-state index in [2.05, 4.69) is 22.5 Å². The first-order chi connectivity index (χ1) is 9.11. The summed E-state index contributed by atoms with van der Waals surface area (Å²) in [6.07, 6.45) is 0.992. The summed E-state index contributed by atoms with van der Waals surface area (Å²) in [6, 6.07) is 3.11. The van der Waals surface area contributed by atoms with Crippen LogP contribution >= 0.6 is 0 Å². The van der Waals surface area contributed by atoms with Crippen LogP contribution in [-0.2, 0) is 11.2 Å². The molecule has 1 aromatic carbocycles. The van der Waals surface area contributed by atoms with Gasteiger partial charge < -0.3 is 10.6 Å². The lowest BCUT2D eigenvalue weighted by Crippen LogP contribution is -2.19. The number of carbonyl (C=O) groups excluding carboxylic acids is 1. The molecule has 1 heterocycles. The molecule has 0 fully saturated rings. The first-order valence-corrected chi connectivity index (χ1v) is 5.86. The molecule has 98 valence electrons. The molecule has 1 amide bonds. The number of benzene rings is 1. The van der Waals surface area contributed by atoms with Crippen LogP contribution in [0.3, 0.4) is 0 Å². The second kappa shape index (κ2) is 5.40. The van der Waals surface area contributed by atoms with Gasteiger partial charge in [0.2, 0.25) is 5.91 Å². The number of amides is 1. The summed E-state index contributed by atoms with van der Waals surface area (Å²) in [4.78, 5) is 21.9. The first-order valence-electron chi connectivity index (χ1n) is 5.86. The number of anilines is 2. The normalized spacial score (nSPS) is 12.8. The molecule has 0 atom stereocenters. The molecular weight excluding hydrogens is 246 g/mol. The Morgan fingerprint density at radius 3 is 2.95 bits per heavy atom. The van der Waals surface area contributed by atoms with Gasteiger partial charge in [-0.05, 0) is 25.0 Å². The fraction of sp³-hybridized carbons (Fsp3) is 0.308. The van der Waals surface area contributed by atoms with Crippen LogP contribution in [-0.4, -0.2) is 17.4 Å². The molecule has 0 spiro atoms. The standard InChI is InChI=1S/C13H13N3O3/c1-2-3-6-14-11-7-9-4-5-13(17)15-10(9)8-12(11)16(18)19/h7-8,14H,4-6H2,1H3,(H,15,17). The van der Waals surface area contributed by atoms with Crippen LogP contribution in [0.1, 0.15) is 18.9 Å². The molecule has 1 aromatic rings. The van der Waals surface area contributed by atoms with Gasteiger partial charge in [-0.1, -0.05) is 5.92 Å². The summed E-state index contributed by atoms with van der Waals surface area (Å²) < 4.78 is 0. The van der Waals surface area contributed by atoms with Crippen molar-refractivity contribution in [1.29, 1.82) is 0 Å². The number of nitro groups is 1. The lowest BCUT2D eigenvalue weighted by atomic mass is 10.0. The van der Waals surface area contributed by atoms with E-state index in [1.807, 2.05) is 0 Å². The zero-order chi connectivity index (χ0) is 13.8. The van der Waals surface area contributed by atoms with Crippen molar-refractivity contribution in [3.63, 3.8) is 0 Å². The lowest BCUT2D eigenvalue weighted by molar-refractivity contribution is -0.383. The van der Waals surface area contributed by atoms with Crippen LogP contribution in [0.25, 0.3) is 0 Å². The zero-order valence-electron chi connectivity index (χ0n) is 10.4. The number of nitrogens with one attached hydrogen (secondary N) is 2. The van der Waals surface area contributed by atoms with E-state index in [4.69, 9.17) is 0 Å². The van der Waals surface area contributed by atoms with Gasteiger partial charge in [0.25, 0.3) is 5.69 Å². The molecule has 0 bridgehead atoms. The molecule has 2 N–H and O–H groups in total. The highest BCUT2D eigenvalue weighted by molar-refractivity contribution is 5.95. The molecule has 1 aliphatic rings. The van der Waals surface area contributed by atoms with Gasteiger partial charge in [-0.3, -0.25) is 14.9 Å². The van der Waals surface area contributed by atoms with Crippen molar-refractivity contribution in [2.45, 2.75) is 19.8 Å². The smallest absolute Gasteiger partial charge is 0.294 e. The van der Waals surface area contributed by atoms with Gasteiger partial charge in [-0.2, -0.15) is 0 Å². The number of rotatable bonds is 3. The van der Waals surface area contributed by atoms with Crippen molar-refractivity contribution in [3.8, 4) is 11.8 Å². The highest BCUT2D eigenvalue weighted by Gasteiger charge is 2.22. The molecule has 2 rings (SSSR count). The molecule has 6 nitrogen and oxygen atoms in total. The highest BCUT2D eigenvalue weighted by Crippen LogP contribution is 2.33. The molecule has 19 heavy (non-hydrogen) atoms. The molecule has 0 radical (unpaired) electrons. The van der Waals surface area contributed by atoms with Crippen LogP contribution in [0.5, 0.6) is 0 Å². The molecule has 0 saturated carbocycles. The van der Waals surface area contributed by atoms with E-state index >= 15 is 0 Å². The molecule has 0 aliphatic carbocycles. The summed E-state index contributed by atoms with van der Waals surface area (Å²) in [6.45, 7) is 2.06. The van der Waals surface area contributed by atoms with Gasteiger partial charge >= 0.3 is 0 Å². The van der Waals surface area contributed by atoms with Crippen LogP contribution in [0.4, 0.5) is 17.1 Å². The minimum absolute atomic E-state index is 0.0566. The molecule has 0 saturated heterocycles. The van der Waals surface area contributed by atoms with E-state index in [9.17, 15) is 14.9 Å². The zero-order valence-corrected chi connectivity index (χ0v) is 10.4. The van der Waals surface area contributed by atoms with E-state index in [1.54, 1.807) is 13.0 Å².